The molecule has 3 aliphatic heterocycles. The second-order valence-electron chi connectivity index (χ2n) is 11.9. The fourth-order valence-corrected chi connectivity index (χ4v) is 5.99. The van der Waals surface area contributed by atoms with Gasteiger partial charge in [0.2, 0.25) is 5.91 Å². The van der Waals surface area contributed by atoms with Crippen LogP contribution in [0.4, 0.5) is 10.1 Å². The number of hydrogen-bond donors (Lipinski definition) is 2. The van der Waals surface area contributed by atoms with E-state index in [1.807, 2.05) is 11.0 Å². The van der Waals surface area contributed by atoms with Gasteiger partial charge in [-0.25, -0.2) is 4.39 Å². The van der Waals surface area contributed by atoms with Crippen molar-refractivity contribution in [3.05, 3.63) is 63.3 Å². The van der Waals surface area contributed by atoms with Crippen molar-refractivity contribution in [2.45, 2.75) is 57.7 Å². The number of aromatic amines is 1. The molecule has 0 radical (unpaired) electrons. The molecule has 3 atom stereocenters. The van der Waals surface area contributed by atoms with Crippen LogP contribution in [0.2, 0.25) is 0 Å². The summed E-state index contributed by atoms with van der Waals surface area (Å²) in [6, 6.07) is 8.95. The van der Waals surface area contributed by atoms with Crippen molar-refractivity contribution in [1.82, 2.24) is 20.1 Å². The van der Waals surface area contributed by atoms with Crippen LogP contribution < -0.4 is 15.8 Å². The number of rotatable bonds is 6. The van der Waals surface area contributed by atoms with Crippen molar-refractivity contribution in [3.8, 4) is 0 Å². The summed E-state index contributed by atoms with van der Waals surface area (Å²) in [5, 5.41) is 3.59. The van der Waals surface area contributed by atoms with Crippen LogP contribution in [0.3, 0.4) is 0 Å². The molecule has 0 spiro atoms. The molecule has 206 valence electrons. The van der Waals surface area contributed by atoms with Gasteiger partial charge in [-0.1, -0.05) is 26.0 Å². The van der Waals surface area contributed by atoms with Crippen LogP contribution in [0, 0.1) is 5.82 Å². The summed E-state index contributed by atoms with van der Waals surface area (Å²) in [6.45, 7) is 14.3. The molecule has 0 aliphatic carbocycles. The normalized spacial score (nSPS) is 25.9. The number of ether oxygens (including phenoxy) is 1. The number of morpholine rings is 1. The Morgan fingerprint density at radius 1 is 1.18 bits per heavy atom. The summed E-state index contributed by atoms with van der Waals surface area (Å²) in [4.78, 5) is 36.5. The number of carbonyl (C=O) groups is 1. The maximum Gasteiger partial charge on any atom is 0.251 e. The fourth-order valence-electron chi connectivity index (χ4n) is 5.99. The highest BCUT2D eigenvalue weighted by molar-refractivity contribution is 5.97. The third kappa shape index (κ3) is 5.71. The maximum atomic E-state index is 13.9. The highest BCUT2D eigenvalue weighted by Gasteiger charge is 2.41. The fraction of sp³-hybridized carbons (Fsp3) is 0.586. The molecular formula is C29H40FN5O3. The van der Waals surface area contributed by atoms with Crippen LogP contribution in [0.1, 0.15) is 44.5 Å². The molecule has 38 heavy (non-hydrogen) atoms. The number of piperazine rings is 1. The van der Waals surface area contributed by atoms with E-state index < -0.39 is 0 Å². The molecule has 0 saturated carbocycles. The highest BCUT2D eigenvalue weighted by Crippen LogP contribution is 2.39. The van der Waals surface area contributed by atoms with Crippen LogP contribution in [0.25, 0.3) is 0 Å². The molecule has 3 aliphatic rings. The molecule has 1 amide bonds. The zero-order valence-corrected chi connectivity index (χ0v) is 22.9. The Morgan fingerprint density at radius 3 is 2.68 bits per heavy atom. The molecule has 2 N–H and O–H groups in total. The first-order chi connectivity index (χ1) is 18.1. The number of H-pyrrole nitrogens is 1. The standard InChI is InChI=1S/C29H40FN5O3/c1-19-14-34(24(13-31-19)15-33-9-10-38-17-20(33)2)16-26(36)35-18-29(3,4)27-25(35)12-22(28(37)32-27)11-21-5-7-23(30)8-6-21/h5-8,12,19-20,24,31H,9-11,13-18H2,1-4H3,(H,32,37)/t19-,20-,24-/m1/s1. The Kier molecular flexibility index (Phi) is 7.73. The summed E-state index contributed by atoms with van der Waals surface area (Å²) in [6.07, 6.45) is 0.375. The van der Waals surface area contributed by atoms with Gasteiger partial charge in [0.05, 0.1) is 25.4 Å². The molecule has 0 bridgehead atoms. The first kappa shape index (κ1) is 27.0. The zero-order chi connectivity index (χ0) is 27.0. The van der Waals surface area contributed by atoms with Gasteiger partial charge in [0.25, 0.3) is 5.56 Å². The largest absolute Gasteiger partial charge is 0.379 e. The van der Waals surface area contributed by atoms with Gasteiger partial charge in [0.1, 0.15) is 5.82 Å². The van der Waals surface area contributed by atoms with Gasteiger partial charge in [-0.2, -0.15) is 0 Å². The molecule has 5 rings (SSSR count). The molecular weight excluding hydrogens is 485 g/mol. The minimum atomic E-state index is -0.363. The van der Waals surface area contributed by atoms with Crippen molar-refractivity contribution in [2.75, 3.05) is 57.4 Å². The summed E-state index contributed by atoms with van der Waals surface area (Å²) in [5.41, 5.74) is 2.47. The van der Waals surface area contributed by atoms with Gasteiger partial charge in [-0.3, -0.25) is 19.4 Å². The van der Waals surface area contributed by atoms with E-state index in [0.29, 0.717) is 37.2 Å². The Balaban J connectivity index is 1.36. The lowest BCUT2D eigenvalue weighted by Crippen LogP contribution is -2.62. The second kappa shape index (κ2) is 10.9. The van der Waals surface area contributed by atoms with E-state index in [1.165, 1.54) is 12.1 Å². The summed E-state index contributed by atoms with van der Waals surface area (Å²) >= 11 is 0. The first-order valence-electron chi connectivity index (χ1n) is 13.7. The lowest BCUT2D eigenvalue weighted by Gasteiger charge is -2.43. The Labute approximate surface area is 224 Å². The number of benzene rings is 1. The topological polar surface area (TPSA) is 80.9 Å². The average Bonchev–Trinajstić information content (AvgIpc) is 3.13. The van der Waals surface area contributed by atoms with Gasteiger partial charge in [0.15, 0.2) is 0 Å². The van der Waals surface area contributed by atoms with Crippen LogP contribution in [0.15, 0.2) is 35.1 Å². The quantitative estimate of drug-likeness (QED) is 0.602. The first-order valence-corrected chi connectivity index (χ1v) is 13.7. The third-order valence-corrected chi connectivity index (χ3v) is 8.24. The van der Waals surface area contributed by atoms with E-state index in [9.17, 15) is 14.0 Å². The zero-order valence-electron chi connectivity index (χ0n) is 22.9. The molecule has 8 nitrogen and oxygen atoms in total. The number of anilines is 1. The third-order valence-electron chi connectivity index (χ3n) is 8.24. The Morgan fingerprint density at radius 2 is 1.95 bits per heavy atom. The van der Waals surface area contributed by atoms with Crippen molar-refractivity contribution in [3.63, 3.8) is 0 Å². The number of pyridine rings is 1. The highest BCUT2D eigenvalue weighted by atomic mass is 19.1. The van der Waals surface area contributed by atoms with E-state index in [4.69, 9.17) is 4.74 Å². The molecule has 2 fully saturated rings. The van der Waals surface area contributed by atoms with Crippen LogP contribution in [-0.2, 0) is 21.4 Å². The summed E-state index contributed by atoms with van der Waals surface area (Å²) in [5.74, 6) is -0.260. The smallest absolute Gasteiger partial charge is 0.251 e. The second-order valence-corrected chi connectivity index (χ2v) is 11.9. The van der Waals surface area contributed by atoms with Crippen molar-refractivity contribution in [1.29, 1.82) is 0 Å². The number of halogens is 1. The van der Waals surface area contributed by atoms with Gasteiger partial charge < -0.3 is 19.9 Å². The molecule has 2 saturated heterocycles. The lowest BCUT2D eigenvalue weighted by molar-refractivity contribution is -0.121. The van der Waals surface area contributed by atoms with Gasteiger partial charge in [0, 0.05) is 73.9 Å². The summed E-state index contributed by atoms with van der Waals surface area (Å²) < 4.78 is 19.0. The number of carbonyl (C=O) groups excluding carboxylic acids is 1. The molecule has 2 aromatic rings. The lowest BCUT2D eigenvalue weighted by atomic mass is 9.91. The van der Waals surface area contributed by atoms with Crippen LogP contribution >= 0.6 is 0 Å². The van der Waals surface area contributed by atoms with Crippen LogP contribution in [0.5, 0.6) is 0 Å². The van der Waals surface area contributed by atoms with E-state index in [0.717, 1.165) is 56.3 Å². The minimum Gasteiger partial charge on any atom is -0.379 e. The number of nitrogens with one attached hydrogen (secondary N) is 2. The number of hydrogen-bond acceptors (Lipinski definition) is 6. The molecule has 4 heterocycles. The molecule has 1 aromatic heterocycles. The molecule has 9 heteroatoms. The predicted molar refractivity (Wildman–Crippen MR) is 146 cm³/mol. The van der Waals surface area contributed by atoms with Crippen molar-refractivity contribution < 1.29 is 13.9 Å². The van der Waals surface area contributed by atoms with E-state index in [2.05, 4.69) is 47.8 Å². The van der Waals surface area contributed by atoms with Crippen molar-refractivity contribution in [2.24, 2.45) is 0 Å². The van der Waals surface area contributed by atoms with Gasteiger partial charge >= 0.3 is 0 Å². The van der Waals surface area contributed by atoms with E-state index in [1.54, 1.807) is 12.1 Å². The monoisotopic (exact) mass is 525 g/mol. The number of nitrogens with zero attached hydrogens (tertiary/aromatic N) is 3. The Hall–Kier alpha value is -2.59. The average molecular weight is 526 g/mol. The Bertz CT molecular complexity index is 1210. The van der Waals surface area contributed by atoms with E-state index >= 15 is 0 Å². The SMILES string of the molecule is C[C@@H]1CN(CC(=O)N2CC(C)(C)c3[nH]c(=O)c(Cc4ccc(F)cc4)cc32)[C@@H](CN2CCOC[C@H]2C)CN1. The number of fused-ring (bicyclic) bond motifs is 1. The van der Waals surface area contributed by atoms with Crippen molar-refractivity contribution >= 4 is 11.6 Å². The maximum absolute atomic E-state index is 13.9. The van der Waals surface area contributed by atoms with E-state index in [-0.39, 0.29) is 28.7 Å². The van der Waals surface area contributed by atoms with Crippen LogP contribution in [-0.4, -0.2) is 91.3 Å². The minimum absolute atomic E-state index is 0.0470. The number of amides is 1. The predicted octanol–water partition coefficient (Wildman–Crippen LogP) is 2.11. The summed E-state index contributed by atoms with van der Waals surface area (Å²) in [7, 11) is 0. The van der Waals surface area contributed by atoms with Gasteiger partial charge in [-0.05, 0) is 37.6 Å². The number of aromatic nitrogens is 1. The molecule has 1 aromatic carbocycles. The molecule has 0 unspecified atom stereocenters. The van der Waals surface area contributed by atoms with Gasteiger partial charge in [-0.15, -0.1) is 0 Å².